The molecule has 2 aromatic heterocycles. The molecule has 0 saturated carbocycles. The number of benzene rings is 1. The molecule has 1 atom stereocenters. The zero-order valence-corrected chi connectivity index (χ0v) is 22.3. The molecule has 0 aliphatic carbocycles. The maximum Gasteiger partial charge on any atom is 0.410 e. The standard InChI is InChI=1S/C24H30ClFN8O3/c1-11(34-22-16(20(27)30-10-31-22)18(32-34)21(28)29-5)13-7-14(25)17(26)15(19(13)36-6)12-8-33(9-12)23(35)37-24(2,3)4/h7,10-12H,8-9H2,1-6H3,(H2,28,29)(H2,27,30,31). The SMILES string of the molecule is CN=C(N)c1nn(C(C)c2cc(Cl)c(F)c(C3CN(C(=O)OC(C)(C)C)C3)c2OC)c2ncnc(N)c12. The van der Waals surface area contributed by atoms with E-state index in [9.17, 15) is 4.79 Å². The fourth-order valence-electron chi connectivity index (χ4n) is 4.37. The van der Waals surface area contributed by atoms with Gasteiger partial charge in [0, 0.05) is 37.2 Å². The van der Waals surface area contributed by atoms with Crippen molar-refractivity contribution in [1.29, 1.82) is 0 Å². The van der Waals surface area contributed by atoms with Gasteiger partial charge in [-0.25, -0.2) is 23.8 Å². The third-order valence-corrected chi connectivity index (χ3v) is 6.47. The lowest BCUT2D eigenvalue weighted by molar-refractivity contribution is 0.00768. The summed E-state index contributed by atoms with van der Waals surface area (Å²) < 4.78 is 28.1. The Morgan fingerprint density at radius 1 is 1.32 bits per heavy atom. The number of carbonyl (C=O) groups excluding carboxylic acids is 1. The third-order valence-electron chi connectivity index (χ3n) is 6.20. The number of amidine groups is 1. The molecule has 1 aliphatic heterocycles. The first-order valence-corrected chi connectivity index (χ1v) is 12.0. The first-order chi connectivity index (χ1) is 17.4. The minimum Gasteiger partial charge on any atom is -0.496 e. The average Bonchev–Trinajstić information content (AvgIpc) is 3.19. The van der Waals surface area contributed by atoms with Crippen LogP contribution in [-0.2, 0) is 4.74 Å². The number of hydrogen-bond acceptors (Lipinski definition) is 8. The van der Waals surface area contributed by atoms with Gasteiger partial charge in [-0.05, 0) is 33.8 Å². The number of rotatable bonds is 5. The molecule has 4 N–H and O–H groups in total. The summed E-state index contributed by atoms with van der Waals surface area (Å²) in [6.45, 7) is 7.74. The number of nitrogens with zero attached hydrogens (tertiary/aromatic N) is 6. The molecule has 1 fully saturated rings. The number of halogens is 2. The van der Waals surface area contributed by atoms with E-state index >= 15 is 4.39 Å². The number of carbonyl (C=O) groups is 1. The zero-order valence-electron chi connectivity index (χ0n) is 21.5. The molecular formula is C24H30ClFN8O3. The molecule has 1 saturated heterocycles. The quantitative estimate of drug-likeness (QED) is 0.375. The summed E-state index contributed by atoms with van der Waals surface area (Å²) >= 11 is 6.36. The number of aliphatic imine (C=N–C) groups is 1. The van der Waals surface area contributed by atoms with Gasteiger partial charge in [-0.1, -0.05) is 11.6 Å². The highest BCUT2D eigenvalue weighted by Crippen LogP contribution is 2.44. The van der Waals surface area contributed by atoms with Crippen molar-refractivity contribution in [3.8, 4) is 5.75 Å². The number of likely N-dealkylation sites (tertiary alicyclic amines) is 1. The average molecular weight is 533 g/mol. The molecule has 1 amide bonds. The maximum atomic E-state index is 15.4. The molecule has 0 radical (unpaired) electrons. The molecule has 11 nitrogen and oxygen atoms in total. The van der Waals surface area contributed by atoms with Gasteiger partial charge in [-0.15, -0.1) is 0 Å². The molecule has 198 valence electrons. The highest BCUT2D eigenvalue weighted by molar-refractivity contribution is 6.31. The van der Waals surface area contributed by atoms with Crippen molar-refractivity contribution in [2.24, 2.45) is 10.7 Å². The van der Waals surface area contributed by atoms with Gasteiger partial charge in [-0.3, -0.25) is 4.99 Å². The number of methoxy groups -OCH3 is 1. The van der Waals surface area contributed by atoms with E-state index in [1.807, 2.05) is 6.92 Å². The summed E-state index contributed by atoms with van der Waals surface area (Å²) in [6, 6.07) is 0.979. The van der Waals surface area contributed by atoms with Crippen molar-refractivity contribution >= 4 is 40.4 Å². The Morgan fingerprint density at radius 2 is 2.00 bits per heavy atom. The number of hydrogen-bond donors (Lipinski definition) is 2. The first kappa shape index (κ1) is 26.4. The van der Waals surface area contributed by atoms with Crippen LogP contribution in [0.1, 0.15) is 56.5 Å². The van der Waals surface area contributed by atoms with Crippen LogP contribution < -0.4 is 16.2 Å². The van der Waals surface area contributed by atoms with Crippen LogP contribution in [0, 0.1) is 5.82 Å². The van der Waals surface area contributed by atoms with Gasteiger partial charge < -0.3 is 25.8 Å². The number of amides is 1. The highest BCUT2D eigenvalue weighted by atomic mass is 35.5. The van der Waals surface area contributed by atoms with Gasteiger partial charge in [0.05, 0.1) is 23.6 Å². The van der Waals surface area contributed by atoms with Crippen molar-refractivity contribution < 1.29 is 18.7 Å². The van der Waals surface area contributed by atoms with E-state index in [1.165, 1.54) is 31.5 Å². The third kappa shape index (κ3) is 4.73. The van der Waals surface area contributed by atoms with E-state index in [-0.39, 0.29) is 41.2 Å². The summed E-state index contributed by atoms with van der Waals surface area (Å²) in [4.78, 5) is 26.4. The van der Waals surface area contributed by atoms with E-state index < -0.39 is 23.6 Å². The monoisotopic (exact) mass is 532 g/mol. The molecule has 37 heavy (non-hydrogen) atoms. The molecule has 3 heterocycles. The topological polar surface area (TPSA) is 147 Å². The fourth-order valence-corrected chi connectivity index (χ4v) is 4.59. The van der Waals surface area contributed by atoms with E-state index in [4.69, 9.17) is 32.5 Å². The van der Waals surface area contributed by atoms with Gasteiger partial charge in [0.1, 0.15) is 40.8 Å². The summed E-state index contributed by atoms with van der Waals surface area (Å²) in [6.07, 6.45) is 0.868. The maximum absolute atomic E-state index is 15.4. The number of aromatic nitrogens is 4. The van der Waals surface area contributed by atoms with Gasteiger partial charge in [-0.2, -0.15) is 5.10 Å². The number of ether oxygens (including phenoxy) is 2. The Hall–Kier alpha value is -3.67. The van der Waals surface area contributed by atoms with Crippen LogP contribution in [0.25, 0.3) is 11.0 Å². The molecule has 4 rings (SSSR count). The van der Waals surface area contributed by atoms with Crippen LogP contribution in [0.5, 0.6) is 5.75 Å². The van der Waals surface area contributed by atoms with Crippen LogP contribution in [0.4, 0.5) is 15.0 Å². The minimum atomic E-state index is -0.631. The fraction of sp³-hybridized carbons (Fsp3) is 0.458. The van der Waals surface area contributed by atoms with E-state index in [0.717, 1.165) is 0 Å². The second-order valence-electron chi connectivity index (χ2n) is 9.83. The van der Waals surface area contributed by atoms with Gasteiger partial charge in [0.2, 0.25) is 0 Å². The van der Waals surface area contributed by atoms with Gasteiger partial charge in [0.25, 0.3) is 0 Å². The van der Waals surface area contributed by atoms with Crippen LogP contribution in [0.15, 0.2) is 17.4 Å². The predicted octanol–water partition coefficient (Wildman–Crippen LogP) is 3.49. The smallest absolute Gasteiger partial charge is 0.410 e. The number of fused-ring (bicyclic) bond motifs is 1. The Kier molecular flexibility index (Phi) is 6.89. The van der Waals surface area contributed by atoms with Crippen molar-refractivity contribution in [3.05, 3.63) is 40.1 Å². The zero-order chi connectivity index (χ0) is 27.2. The molecule has 13 heteroatoms. The summed E-state index contributed by atoms with van der Waals surface area (Å²) in [7, 11) is 3.00. The number of nitrogen functional groups attached to an aromatic ring is 1. The summed E-state index contributed by atoms with van der Waals surface area (Å²) in [5.74, 6) is -0.251. The molecule has 3 aromatic rings. The molecule has 1 aromatic carbocycles. The summed E-state index contributed by atoms with van der Waals surface area (Å²) in [5, 5.41) is 5.00. The molecule has 1 unspecified atom stereocenters. The van der Waals surface area contributed by atoms with Crippen molar-refractivity contribution in [2.75, 3.05) is 33.0 Å². The van der Waals surface area contributed by atoms with Crippen LogP contribution >= 0.6 is 11.6 Å². The second kappa shape index (κ2) is 9.66. The molecule has 0 spiro atoms. The minimum absolute atomic E-state index is 0.0752. The first-order valence-electron chi connectivity index (χ1n) is 11.6. The van der Waals surface area contributed by atoms with Crippen molar-refractivity contribution in [3.63, 3.8) is 0 Å². The molecule has 1 aliphatic rings. The van der Waals surface area contributed by atoms with Crippen LogP contribution in [-0.4, -0.2) is 69.4 Å². The van der Waals surface area contributed by atoms with Crippen LogP contribution in [0.2, 0.25) is 5.02 Å². The largest absolute Gasteiger partial charge is 0.496 e. The normalized spacial score (nSPS) is 15.6. The lowest BCUT2D eigenvalue weighted by Crippen LogP contribution is -2.50. The molecular weight excluding hydrogens is 503 g/mol. The van der Waals surface area contributed by atoms with Crippen molar-refractivity contribution in [2.45, 2.75) is 45.3 Å². The Morgan fingerprint density at radius 3 is 2.59 bits per heavy atom. The van der Waals surface area contributed by atoms with Gasteiger partial charge >= 0.3 is 6.09 Å². The summed E-state index contributed by atoms with van der Waals surface area (Å²) in [5.41, 5.74) is 13.2. The van der Waals surface area contributed by atoms with Gasteiger partial charge in [0.15, 0.2) is 5.65 Å². The lowest BCUT2D eigenvalue weighted by Gasteiger charge is -2.40. The van der Waals surface area contributed by atoms with E-state index in [2.05, 4.69) is 20.1 Å². The van der Waals surface area contributed by atoms with Crippen LogP contribution in [0.3, 0.4) is 0 Å². The van der Waals surface area contributed by atoms with E-state index in [0.29, 0.717) is 28.0 Å². The second-order valence-corrected chi connectivity index (χ2v) is 10.2. The Labute approximate surface area is 218 Å². The number of anilines is 1. The predicted molar refractivity (Wildman–Crippen MR) is 139 cm³/mol. The lowest BCUT2D eigenvalue weighted by atomic mass is 9.88. The highest BCUT2D eigenvalue weighted by Gasteiger charge is 2.39. The van der Waals surface area contributed by atoms with Crippen molar-refractivity contribution in [1.82, 2.24) is 24.6 Å². The Balaban J connectivity index is 1.76. The number of nitrogens with two attached hydrogens (primary N) is 2. The Bertz CT molecular complexity index is 1400. The van der Waals surface area contributed by atoms with E-state index in [1.54, 1.807) is 25.5 Å². The molecule has 0 bridgehead atoms.